The minimum Gasteiger partial charge on any atom is -0.493 e. The Balaban J connectivity index is 1.60. The van der Waals surface area contributed by atoms with Gasteiger partial charge in [0.2, 0.25) is 5.91 Å². The van der Waals surface area contributed by atoms with Crippen LogP contribution in [0.3, 0.4) is 0 Å². The fourth-order valence-electron chi connectivity index (χ4n) is 2.90. The van der Waals surface area contributed by atoms with Gasteiger partial charge in [0.1, 0.15) is 0 Å². The molecule has 0 aliphatic carbocycles. The standard InChI is InChI=1S/C19H23N3O3/c1-24-17-7-2-5-15-14-22(10-4-12-25-19(15)17)11-8-18(23)21-16-6-3-9-20-13-16/h2-3,5-7,9,13H,4,8,10-12,14H2,1H3,(H,21,23). The zero-order valence-corrected chi connectivity index (χ0v) is 14.4. The van der Waals surface area contributed by atoms with E-state index in [1.165, 1.54) is 0 Å². The second kappa shape index (κ2) is 8.48. The highest BCUT2D eigenvalue weighted by Crippen LogP contribution is 2.33. The largest absolute Gasteiger partial charge is 0.493 e. The number of hydrogen-bond donors (Lipinski definition) is 1. The molecule has 1 aliphatic rings. The van der Waals surface area contributed by atoms with Crippen molar-refractivity contribution in [3.63, 3.8) is 0 Å². The van der Waals surface area contributed by atoms with Gasteiger partial charge in [-0.2, -0.15) is 0 Å². The summed E-state index contributed by atoms with van der Waals surface area (Å²) >= 11 is 0. The van der Waals surface area contributed by atoms with Crippen LogP contribution in [0.2, 0.25) is 0 Å². The number of methoxy groups -OCH3 is 1. The number of carbonyl (C=O) groups excluding carboxylic acids is 1. The number of nitrogens with one attached hydrogen (secondary N) is 1. The molecule has 3 rings (SSSR count). The van der Waals surface area contributed by atoms with E-state index < -0.39 is 0 Å². The number of aromatic nitrogens is 1. The molecular formula is C19H23N3O3. The van der Waals surface area contributed by atoms with Crippen LogP contribution < -0.4 is 14.8 Å². The Hall–Kier alpha value is -2.60. The molecular weight excluding hydrogens is 318 g/mol. The molecule has 0 saturated carbocycles. The lowest BCUT2D eigenvalue weighted by Crippen LogP contribution is -2.31. The summed E-state index contributed by atoms with van der Waals surface area (Å²) < 4.78 is 11.3. The molecule has 0 unspecified atom stereocenters. The molecule has 6 heteroatoms. The Kier molecular flexibility index (Phi) is 5.85. The number of fused-ring (bicyclic) bond motifs is 1. The first-order chi connectivity index (χ1) is 12.3. The number of ether oxygens (including phenoxy) is 2. The van der Waals surface area contributed by atoms with E-state index in [-0.39, 0.29) is 5.91 Å². The summed E-state index contributed by atoms with van der Waals surface area (Å²) in [5, 5.41) is 2.87. The summed E-state index contributed by atoms with van der Waals surface area (Å²) in [5.41, 5.74) is 1.82. The highest BCUT2D eigenvalue weighted by molar-refractivity contribution is 5.90. The van der Waals surface area contributed by atoms with Crippen LogP contribution in [0.1, 0.15) is 18.4 Å². The summed E-state index contributed by atoms with van der Waals surface area (Å²) in [6, 6.07) is 9.56. The Bertz CT molecular complexity index is 706. The van der Waals surface area contributed by atoms with Gasteiger partial charge in [-0.05, 0) is 24.6 Å². The van der Waals surface area contributed by atoms with Crippen LogP contribution in [-0.2, 0) is 11.3 Å². The molecule has 0 bridgehead atoms. The monoisotopic (exact) mass is 341 g/mol. The summed E-state index contributed by atoms with van der Waals surface area (Å²) in [5.74, 6) is 1.57. The van der Waals surface area contributed by atoms with E-state index in [0.29, 0.717) is 19.6 Å². The van der Waals surface area contributed by atoms with Crippen LogP contribution in [0.25, 0.3) is 0 Å². The van der Waals surface area contributed by atoms with E-state index in [0.717, 1.165) is 42.3 Å². The van der Waals surface area contributed by atoms with Crippen molar-refractivity contribution in [3.05, 3.63) is 48.3 Å². The lowest BCUT2D eigenvalue weighted by Gasteiger charge is -2.27. The fourth-order valence-corrected chi connectivity index (χ4v) is 2.90. The smallest absolute Gasteiger partial charge is 0.225 e. The van der Waals surface area contributed by atoms with Crippen molar-refractivity contribution in [3.8, 4) is 11.5 Å². The van der Waals surface area contributed by atoms with Crippen molar-refractivity contribution >= 4 is 11.6 Å². The van der Waals surface area contributed by atoms with Crippen molar-refractivity contribution in [1.82, 2.24) is 9.88 Å². The van der Waals surface area contributed by atoms with Crippen LogP contribution >= 0.6 is 0 Å². The lowest BCUT2D eigenvalue weighted by molar-refractivity contribution is -0.116. The number of nitrogens with zero attached hydrogens (tertiary/aromatic N) is 2. The summed E-state index contributed by atoms with van der Waals surface area (Å²) in [6.45, 7) is 2.98. The molecule has 0 fully saturated rings. The van der Waals surface area contributed by atoms with E-state index >= 15 is 0 Å². The number of amides is 1. The first-order valence-corrected chi connectivity index (χ1v) is 8.47. The van der Waals surface area contributed by atoms with Crippen LogP contribution in [0, 0.1) is 0 Å². The molecule has 0 radical (unpaired) electrons. The van der Waals surface area contributed by atoms with Gasteiger partial charge in [0.15, 0.2) is 11.5 Å². The van der Waals surface area contributed by atoms with Gasteiger partial charge in [-0.1, -0.05) is 12.1 Å². The molecule has 1 aromatic heterocycles. The summed E-state index contributed by atoms with van der Waals surface area (Å²) in [6.07, 6.45) is 4.69. The number of anilines is 1. The number of hydrogen-bond acceptors (Lipinski definition) is 5. The minimum absolute atomic E-state index is 0.00262. The van der Waals surface area contributed by atoms with E-state index in [4.69, 9.17) is 9.47 Å². The molecule has 132 valence electrons. The minimum atomic E-state index is -0.00262. The highest BCUT2D eigenvalue weighted by Gasteiger charge is 2.17. The van der Waals surface area contributed by atoms with Gasteiger partial charge in [0.05, 0.1) is 25.6 Å². The zero-order chi connectivity index (χ0) is 17.5. The number of para-hydroxylation sites is 1. The third-order valence-corrected chi connectivity index (χ3v) is 4.14. The van der Waals surface area contributed by atoms with Crippen molar-refractivity contribution in [1.29, 1.82) is 0 Å². The zero-order valence-electron chi connectivity index (χ0n) is 14.4. The molecule has 0 atom stereocenters. The average Bonchev–Trinajstić information content (AvgIpc) is 2.61. The highest BCUT2D eigenvalue weighted by atomic mass is 16.5. The number of benzene rings is 1. The van der Waals surface area contributed by atoms with Gasteiger partial charge in [-0.15, -0.1) is 0 Å². The predicted octanol–water partition coefficient (Wildman–Crippen LogP) is 2.70. The Labute approximate surface area is 147 Å². The van der Waals surface area contributed by atoms with Crippen molar-refractivity contribution in [2.24, 2.45) is 0 Å². The van der Waals surface area contributed by atoms with Gasteiger partial charge < -0.3 is 14.8 Å². The van der Waals surface area contributed by atoms with Crippen LogP contribution in [0.4, 0.5) is 5.69 Å². The van der Waals surface area contributed by atoms with E-state index in [2.05, 4.69) is 15.2 Å². The average molecular weight is 341 g/mol. The van der Waals surface area contributed by atoms with Crippen LogP contribution in [0.5, 0.6) is 11.5 Å². The predicted molar refractivity (Wildman–Crippen MR) is 95.9 cm³/mol. The van der Waals surface area contributed by atoms with Crippen LogP contribution in [0.15, 0.2) is 42.7 Å². The van der Waals surface area contributed by atoms with Gasteiger partial charge in [0, 0.05) is 37.8 Å². The van der Waals surface area contributed by atoms with Gasteiger partial charge in [0.25, 0.3) is 0 Å². The molecule has 2 heterocycles. The van der Waals surface area contributed by atoms with E-state index in [1.807, 2.05) is 24.3 Å². The first kappa shape index (κ1) is 17.2. The fraction of sp³-hybridized carbons (Fsp3) is 0.368. The molecule has 1 N–H and O–H groups in total. The molecule has 1 aliphatic heterocycles. The van der Waals surface area contributed by atoms with Crippen LogP contribution in [-0.4, -0.2) is 42.6 Å². The molecule has 2 aromatic rings. The number of pyridine rings is 1. The molecule has 25 heavy (non-hydrogen) atoms. The van der Waals surface area contributed by atoms with Crippen molar-refractivity contribution in [2.75, 3.05) is 32.1 Å². The van der Waals surface area contributed by atoms with Gasteiger partial charge in [-0.3, -0.25) is 14.7 Å². The maximum absolute atomic E-state index is 12.1. The van der Waals surface area contributed by atoms with Crippen molar-refractivity contribution < 1.29 is 14.3 Å². The molecule has 0 spiro atoms. The van der Waals surface area contributed by atoms with E-state index in [9.17, 15) is 4.79 Å². The molecule has 1 aromatic carbocycles. The quantitative estimate of drug-likeness (QED) is 0.906. The maximum Gasteiger partial charge on any atom is 0.225 e. The summed E-state index contributed by atoms with van der Waals surface area (Å²) in [4.78, 5) is 18.4. The third kappa shape index (κ3) is 4.70. The molecule has 0 saturated heterocycles. The Morgan fingerprint density at radius 2 is 2.28 bits per heavy atom. The Morgan fingerprint density at radius 3 is 3.08 bits per heavy atom. The number of carbonyl (C=O) groups is 1. The van der Waals surface area contributed by atoms with Gasteiger partial charge in [-0.25, -0.2) is 0 Å². The second-order valence-corrected chi connectivity index (χ2v) is 5.97. The Morgan fingerprint density at radius 1 is 1.36 bits per heavy atom. The lowest BCUT2D eigenvalue weighted by atomic mass is 10.1. The van der Waals surface area contributed by atoms with E-state index in [1.54, 1.807) is 25.6 Å². The SMILES string of the molecule is COc1cccc2c1OCCCN(CCC(=O)Nc1cccnc1)C2. The number of rotatable bonds is 5. The van der Waals surface area contributed by atoms with Gasteiger partial charge >= 0.3 is 0 Å². The van der Waals surface area contributed by atoms with Crippen molar-refractivity contribution in [2.45, 2.75) is 19.4 Å². The topological polar surface area (TPSA) is 63.7 Å². The summed E-state index contributed by atoms with van der Waals surface area (Å²) in [7, 11) is 1.65. The normalized spacial score (nSPS) is 14.6. The maximum atomic E-state index is 12.1. The molecule has 6 nitrogen and oxygen atoms in total. The second-order valence-electron chi connectivity index (χ2n) is 5.97. The molecule has 1 amide bonds. The first-order valence-electron chi connectivity index (χ1n) is 8.47. The third-order valence-electron chi connectivity index (χ3n) is 4.14.